The summed E-state index contributed by atoms with van der Waals surface area (Å²) >= 11 is 0. The van der Waals surface area contributed by atoms with Crippen LogP contribution >= 0.6 is 0 Å². The first-order chi connectivity index (χ1) is 19.3. The lowest BCUT2D eigenvalue weighted by atomic mass is 10.0. The van der Waals surface area contributed by atoms with Crippen molar-refractivity contribution < 1.29 is 33.6 Å². The monoisotopic (exact) mass is 575 g/mol. The highest BCUT2D eigenvalue weighted by atomic mass is 16.2. The molecule has 0 saturated heterocycles. The van der Waals surface area contributed by atoms with Gasteiger partial charge in [0.1, 0.15) is 18.4 Å². The summed E-state index contributed by atoms with van der Waals surface area (Å²) in [6, 6.07) is 5.28. The average Bonchev–Trinajstić information content (AvgIpc) is 2.92. The Kier molecular flexibility index (Phi) is 15.3. The van der Waals surface area contributed by atoms with E-state index in [1.165, 1.54) is 13.8 Å². The van der Waals surface area contributed by atoms with Crippen molar-refractivity contribution in [2.24, 2.45) is 11.7 Å². The summed E-state index contributed by atoms with van der Waals surface area (Å²) in [6.07, 6.45) is 0.894. The number of amides is 6. The van der Waals surface area contributed by atoms with Gasteiger partial charge in [-0.25, -0.2) is 0 Å². The second kappa shape index (κ2) is 18.1. The number of nitrogens with one attached hydrogen (secondary N) is 6. The van der Waals surface area contributed by atoms with E-state index in [0.29, 0.717) is 6.29 Å². The van der Waals surface area contributed by atoms with Gasteiger partial charge in [0, 0.05) is 6.42 Å². The second-order valence-electron chi connectivity index (χ2n) is 9.99. The van der Waals surface area contributed by atoms with E-state index in [4.69, 9.17) is 5.73 Å². The molecule has 0 aliphatic rings. The highest BCUT2D eigenvalue weighted by Crippen LogP contribution is 2.08. The summed E-state index contributed by atoms with van der Waals surface area (Å²) in [5, 5.41) is 14.8. The first kappa shape index (κ1) is 34.7. The van der Waals surface area contributed by atoms with Crippen molar-refractivity contribution in [1.82, 2.24) is 31.9 Å². The molecule has 14 nitrogen and oxygen atoms in total. The SMILES string of the molecule is CC(C)C[C@H](NC(=O)CNC(=O)CNC(=O)[C@H](C)N)C(=O)N[C@@H](Cc1ccccc1)C(=O)NCC(=O)N[C@@H](C)C=O. The first-order valence-electron chi connectivity index (χ1n) is 13.3. The molecule has 0 heterocycles. The molecule has 0 aliphatic heterocycles. The van der Waals surface area contributed by atoms with E-state index >= 15 is 0 Å². The summed E-state index contributed by atoms with van der Waals surface area (Å²) in [4.78, 5) is 85.0. The molecule has 0 spiro atoms. The molecule has 0 unspecified atom stereocenters. The largest absolute Gasteiger partial charge is 0.346 e. The molecule has 0 bridgehead atoms. The fraction of sp³-hybridized carbons (Fsp3) is 0.519. The molecule has 14 heteroatoms. The van der Waals surface area contributed by atoms with Crippen molar-refractivity contribution in [3.63, 3.8) is 0 Å². The predicted molar refractivity (Wildman–Crippen MR) is 150 cm³/mol. The van der Waals surface area contributed by atoms with E-state index < -0.39 is 72.7 Å². The standard InChI is InChI=1S/C27H41N7O7/c1-16(2)10-20(33-24(38)13-29-22(36)12-30-25(39)18(4)28)27(41)34-21(11-19-8-6-5-7-9-19)26(40)31-14-23(37)32-17(3)15-35/h5-9,15-18,20-21H,10-14,28H2,1-4H3,(H,29,36)(H,30,39)(H,31,40)(H,32,37)(H,33,38)(H,34,41)/t17-,18-,20-,21-/m0/s1. The Hall–Kier alpha value is -4.33. The van der Waals surface area contributed by atoms with Crippen LogP contribution in [0.15, 0.2) is 30.3 Å². The number of hydrogen-bond acceptors (Lipinski definition) is 8. The van der Waals surface area contributed by atoms with Crippen LogP contribution in [0.2, 0.25) is 0 Å². The third-order valence-electron chi connectivity index (χ3n) is 5.57. The molecular weight excluding hydrogens is 534 g/mol. The summed E-state index contributed by atoms with van der Waals surface area (Å²) in [5.74, 6) is -3.65. The Morgan fingerprint density at radius 1 is 0.707 bits per heavy atom. The van der Waals surface area contributed by atoms with Gasteiger partial charge in [0.25, 0.3) is 0 Å². The number of hydrogen-bond donors (Lipinski definition) is 7. The molecule has 41 heavy (non-hydrogen) atoms. The number of carbonyl (C=O) groups is 7. The van der Waals surface area contributed by atoms with E-state index in [1.54, 1.807) is 30.3 Å². The van der Waals surface area contributed by atoms with E-state index in [0.717, 1.165) is 5.56 Å². The van der Waals surface area contributed by atoms with Gasteiger partial charge < -0.3 is 42.4 Å². The molecule has 226 valence electrons. The lowest BCUT2D eigenvalue weighted by Gasteiger charge is -2.24. The normalized spacial score (nSPS) is 13.5. The predicted octanol–water partition coefficient (Wildman–Crippen LogP) is -2.36. The van der Waals surface area contributed by atoms with E-state index in [2.05, 4.69) is 31.9 Å². The Labute approximate surface area is 239 Å². The number of carbonyl (C=O) groups excluding carboxylic acids is 7. The van der Waals surface area contributed by atoms with Crippen LogP contribution in [-0.4, -0.2) is 85.5 Å². The van der Waals surface area contributed by atoms with Gasteiger partial charge >= 0.3 is 0 Å². The summed E-state index contributed by atoms with van der Waals surface area (Å²) in [5.41, 5.74) is 6.16. The van der Waals surface area contributed by atoms with Crippen LogP contribution in [0.1, 0.15) is 39.7 Å². The maximum atomic E-state index is 13.3. The molecular formula is C27H41N7O7. The number of rotatable bonds is 17. The highest BCUT2D eigenvalue weighted by molar-refractivity contribution is 5.95. The topological polar surface area (TPSA) is 218 Å². The van der Waals surface area contributed by atoms with Crippen LogP contribution in [0.5, 0.6) is 0 Å². The number of aldehydes is 1. The van der Waals surface area contributed by atoms with Gasteiger partial charge in [-0.1, -0.05) is 44.2 Å². The van der Waals surface area contributed by atoms with E-state index in [9.17, 15) is 33.6 Å². The third kappa shape index (κ3) is 14.6. The summed E-state index contributed by atoms with van der Waals surface area (Å²) in [7, 11) is 0. The fourth-order valence-electron chi connectivity index (χ4n) is 3.48. The Bertz CT molecular complexity index is 1060. The van der Waals surface area contributed by atoms with Crippen molar-refractivity contribution in [2.45, 2.75) is 64.7 Å². The quantitative estimate of drug-likeness (QED) is 0.0995. The molecule has 0 fully saturated rings. The summed E-state index contributed by atoms with van der Waals surface area (Å²) < 4.78 is 0. The minimum absolute atomic E-state index is 0.0148. The minimum Gasteiger partial charge on any atom is -0.346 e. The molecule has 0 saturated carbocycles. The zero-order chi connectivity index (χ0) is 30.9. The van der Waals surface area contributed by atoms with Crippen LogP contribution < -0.4 is 37.6 Å². The van der Waals surface area contributed by atoms with Gasteiger partial charge in [0.15, 0.2) is 0 Å². The molecule has 8 N–H and O–H groups in total. The zero-order valence-corrected chi connectivity index (χ0v) is 23.8. The molecule has 1 aromatic carbocycles. The van der Waals surface area contributed by atoms with Crippen LogP contribution in [-0.2, 0) is 40.0 Å². The van der Waals surface area contributed by atoms with Gasteiger partial charge in [-0.15, -0.1) is 0 Å². The van der Waals surface area contributed by atoms with Crippen molar-refractivity contribution in [2.75, 3.05) is 19.6 Å². The Morgan fingerprint density at radius 3 is 1.85 bits per heavy atom. The van der Waals surface area contributed by atoms with Crippen LogP contribution in [0.25, 0.3) is 0 Å². The maximum Gasteiger partial charge on any atom is 0.243 e. The van der Waals surface area contributed by atoms with Crippen molar-refractivity contribution in [3.05, 3.63) is 35.9 Å². The van der Waals surface area contributed by atoms with Crippen LogP contribution in [0.4, 0.5) is 0 Å². The molecule has 6 amide bonds. The van der Waals surface area contributed by atoms with Crippen LogP contribution in [0, 0.1) is 5.92 Å². The summed E-state index contributed by atoms with van der Waals surface area (Å²) in [6.45, 7) is 5.42. The third-order valence-corrected chi connectivity index (χ3v) is 5.57. The molecule has 0 radical (unpaired) electrons. The van der Waals surface area contributed by atoms with Crippen LogP contribution in [0.3, 0.4) is 0 Å². The minimum atomic E-state index is -1.08. The van der Waals surface area contributed by atoms with Gasteiger partial charge in [-0.05, 0) is 31.7 Å². The molecule has 1 rings (SSSR count). The van der Waals surface area contributed by atoms with Gasteiger partial charge in [-0.3, -0.25) is 28.8 Å². The Balaban J connectivity index is 2.87. The van der Waals surface area contributed by atoms with E-state index in [-0.39, 0.29) is 25.3 Å². The molecule has 0 aromatic heterocycles. The number of benzene rings is 1. The maximum absolute atomic E-state index is 13.3. The second-order valence-corrected chi connectivity index (χ2v) is 9.99. The lowest BCUT2D eigenvalue weighted by Crippen LogP contribution is -2.56. The average molecular weight is 576 g/mol. The van der Waals surface area contributed by atoms with E-state index in [1.807, 2.05) is 13.8 Å². The van der Waals surface area contributed by atoms with Crippen molar-refractivity contribution in [1.29, 1.82) is 0 Å². The molecule has 0 aliphatic carbocycles. The van der Waals surface area contributed by atoms with Gasteiger partial charge in [0.05, 0.1) is 31.7 Å². The van der Waals surface area contributed by atoms with Crippen molar-refractivity contribution >= 4 is 41.7 Å². The fourth-order valence-corrected chi connectivity index (χ4v) is 3.48. The number of nitrogens with two attached hydrogens (primary N) is 1. The molecule has 1 aromatic rings. The first-order valence-corrected chi connectivity index (χ1v) is 13.3. The Morgan fingerprint density at radius 2 is 1.27 bits per heavy atom. The molecule has 4 atom stereocenters. The van der Waals surface area contributed by atoms with Crippen molar-refractivity contribution in [3.8, 4) is 0 Å². The smallest absolute Gasteiger partial charge is 0.243 e. The highest BCUT2D eigenvalue weighted by Gasteiger charge is 2.28. The van der Waals surface area contributed by atoms with Gasteiger partial charge in [-0.2, -0.15) is 0 Å². The zero-order valence-electron chi connectivity index (χ0n) is 23.8. The van der Waals surface area contributed by atoms with Gasteiger partial charge in [0.2, 0.25) is 35.4 Å². The lowest BCUT2D eigenvalue weighted by molar-refractivity contribution is -0.133.